The van der Waals surface area contributed by atoms with Crippen molar-refractivity contribution in [3.8, 4) is 11.5 Å². The van der Waals surface area contributed by atoms with Crippen LogP contribution in [0.5, 0.6) is 11.5 Å². The Morgan fingerprint density at radius 3 is 2.55 bits per heavy atom. The molecule has 7 nitrogen and oxygen atoms in total. The van der Waals surface area contributed by atoms with Crippen molar-refractivity contribution in [2.24, 2.45) is 0 Å². The lowest BCUT2D eigenvalue weighted by atomic mass is 9.90. The topological polar surface area (TPSA) is 127 Å². The fraction of sp³-hybridized carbons (Fsp3) is 0.400. The van der Waals surface area contributed by atoms with Crippen LogP contribution in [0.15, 0.2) is 24.3 Å². The smallest absolute Gasteiger partial charge is 0.331 e. The van der Waals surface area contributed by atoms with Crippen molar-refractivity contribution in [3.05, 3.63) is 29.8 Å². The fourth-order valence-electron chi connectivity index (χ4n) is 2.28. The molecule has 1 fully saturated rings. The highest BCUT2D eigenvalue weighted by Gasteiger charge is 2.37. The molecular formula is C15H18O7. The van der Waals surface area contributed by atoms with Gasteiger partial charge >= 0.3 is 5.97 Å². The van der Waals surface area contributed by atoms with E-state index in [1.807, 2.05) is 0 Å². The van der Waals surface area contributed by atoms with E-state index in [9.17, 15) is 30.3 Å². The number of aliphatic hydroxyl groups excluding tert-OH is 3. The number of esters is 1. The molecule has 22 heavy (non-hydrogen) atoms. The lowest BCUT2D eigenvalue weighted by molar-refractivity contribution is -0.166. The summed E-state index contributed by atoms with van der Waals surface area (Å²) in [5.74, 6) is -1.34. The van der Waals surface area contributed by atoms with Crippen LogP contribution in [-0.4, -0.2) is 55.9 Å². The first-order valence-corrected chi connectivity index (χ1v) is 6.81. The second kappa shape index (κ2) is 6.78. The molecule has 4 atom stereocenters. The molecule has 0 bridgehead atoms. The second-order valence-electron chi connectivity index (χ2n) is 5.24. The molecule has 0 heterocycles. The van der Waals surface area contributed by atoms with E-state index in [0.29, 0.717) is 5.56 Å². The summed E-state index contributed by atoms with van der Waals surface area (Å²) in [6.45, 7) is 0. The van der Waals surface area contributed by atoms with Gasteiger partial charge in [0.15, 0.2) is 11.5 Å². The normalized spacial score (nSPS) is 28.7. The highest BCUT2D eigenvalue weighted by molar-refractivity contribution is 5.87. The van der Waals surface area contributed by atoms with Crippen LogP contribution in [0.2, 0.25) is 0 Å². The maximum atomic E-state index is 11.7. The van der Waals surface area contributed by atoms with E-state index < -0.39 is 30.4 Å². The lowest BCUT2D eigenvalue weighted by Gasteiger charge is -2.33. The summed E-state index contributed by atoms with van der Waals surface area (Å²) in [5.41, 5.74) is 0.469. The van der Waals surface area contributed by atoms with Crippen LogP contribution < -0.4 is 0 Å². The van der Waals surface area contributed by atoms with Crippen molar-refractivity contribution in [1.82, 2.24) is 0 Å². The SMILES string of the molecule is O=C(/C=C/c1ccc(O)c(O)c1)O[C@@H]1C[C@@H](O)C[C@@H](O)[C@H]1O. The van der Waals surface area contributed by atoms with E-state index in [-0.39, 0.29) is 24.3 Å². The van der Waals surface area contributed by atoms with E-state index in [4.69, 9.17) is 4.74 Å². The standard InChI is InChI=1S/C15H18O7/c16-9-6-12(19)15(21)13(7-9)22-14(20)4-2-8-1-3-10(17)11(18)5-8/h1-5,9,12-13,15-19,21H,6-7H2/b4-2+/t9-,12+,13+,15+/m0/s1. The van der Waals surface area contributed by atoms with Crippen molar-refractivity contribution in [2.45, 2.75) is 37.3 Å². The number of phenolic OH excluding ortho intramolecular Hbond substituents is 2. The molecule has 1 aromatic carbocycles. The van der Waals surface area contributed by atoms with Crippen molar-refractivity contribution >= 4 is 12.0 Å². The molecule has 1 aliphatic carbocycles. The number of aliphatic hydroxyl groups is 3. The quantitative estimate of drug-likeness (QED) is 0.300. The molecule has 5 N–H and O–H groups in total. The molecule has 0 aliphatic heterocycles. The van der Waals surface area contributed by atoms with Crippen molar-refractivity contribution in [2.75, 3.05) is 0 Å². The van der Waals surface area contributed by atoms with E-state index in [0.717, 1.165) is 6.08 Å². The Labute approximate surface area is 126 Å². The summed E-state index contributed by atoms with van der Waals surface area (Å²) in [4.78, 5) is 11.7. The summed E-state index contributed by atoms with van der Waals surface area (Å²) in [6.07, 6.45) is -1.65. The van der Waals surface area contributed by atoms with Crippen molar-refractivity contribution in [3.63, 3.8) is 0 Å². The predicted molar refractivity (Wildman–Crippen MR) is 75.9 cm³/mol. The summed E-state index contributed by atoms with van der Waals surface area (Å²) in [7, 11) is 0. The van der Waals surface area contributed by atoms with Gasteiger partial charge in [0, 0.05) is 18.9 Å². The maximum absolute atomic E-state index is 11.7. The Morgan fingerprint density at radius 2 is 1.86 bits per heavy atom. The first-order chi connectivity index (χ1) is 10.4. The minimum atomic E-state index is -1.24. The number of carbonyl (C=O) groups is 1. The highest BCUT2D eigenvalue weighted by atomic mass is 16.6. The highest BCUT2D eigenvalue weighted by Crippen LogP contribution is 2.26. The molecule has 0 aromatic heterocycles. The van der Waals surface area contributed by atoms with Crippen LogP contribution in [0.3, 0.4) is 0 Å². The zero-order valence-electron chi connectivity index (χ0n) is 11.7. The third-order valence-electron chi connectivity index (χ3n) is 3.47. The fourth-order valence-corrected chi connectivity index (χ4v) is 2.28. The molecule has 0 radical (unpaired) electrons. The second-order valence-corrected chi connectivity index (χ2v) is 5.24. The van der Waals surface area contributed by atoms with E-state index in [1.165, 1.54) is 24.3 Å². The molecule has 1 saturated carbocycles. The Hall–Kier alpha value is -2.09. The van der Waals surface area contributed by atoms with Crippen LogP contribution in [0.4, 0.5) is 0 Å². The number of aromatic hydroxyl groups is 2. The van der Waals surface area contributed by atoms with E-state index in [1.54, 1.807) is 0 Å². The lowest BCUT2D eigenvalue weighted by Crippen LogP contribution is -2.48. The van der Waals surface area contributed by atoms with Crippen LogP contribution in [0, 0.1) is 0 Å². The van der Waals surface area contributed by atoms with Gasteiger partial charge in [0.05, 0.1) is 12.2 Å². The molecule has 0 spiro atoms. The maximum Gasteiger partial charge on any atom is 0.331 e. The number of rotatable bonds is 3. The van der Waals surface area contributed by atoms with Gasteiger partial charge in [0.1, 0.15) is 12.2 Å². The van der Waals surface area contributed by atoms with Crippen molar-refractivity contribution in [1.29, 1.82) is 0 Å². The number of benzene rings is 1. The summed E-state index contributed by atoms with van der Waals surface area (Å²) in [6, 6.07) is 4.03. The van der Waals surface area contributed by atoms with E-state index in [2.05, 4.69) is 0 Å². The van der Waals surface area contributed by atoms with Gasteiger partial charge in [0.25, 0.3) is 0 Å². The Bertz CT molecular complexity index is 569. The predicted octanol–water partition coefficient (Wildman–Crippen LogP) is -0.101. The summed E-state index contributed by atoms with van der Waals surface area (Å²) >= 11 is 0. The average molecular weight is 310 g/mol. The number of hydrogen-bond acceptors (Lipinski definition) is 7. The number of carbonyl (C=O) groups excluding carboxylic acids is 1. The molecule has 0 amide bonds. The minimum Gasteiger partial charge on any atom is -0.504 e. The molecular weight excluding hydrogens is 292 g/mol. The van der Waals surface area contributed by atoms with Crippen molar-refractivity contribution < 1.29 is 35.1 Å². The van der Waals surface area contributed by atoms with Gasteiger partial charge in [-0.1, -0.05) is 6.07 Å². The van der Waals surface area contributed by atoms with Crippen LogP contribution >= 0.6 is 0 Å². The number of hydrogen-bond donors (Lipinski definition) is 5. The monoisotopic (exact) mass is 310 g/mol. The molecule has 2 rings (SSSR count). The molecule has 120 valence electrons. The molecule has 0 unspecified atom stereocenters. The third-order valence-corrected chi connectivity index (χ3v) is 3.47. The third kappa shape index (κ3) is 3.97. The molecule has 0 saturated heterocycles. The van der Waals surface area contributed by atoms with Gasteiger partial charge in [-0.15, -0.1) is 0 Å². The number of ether oxygens (including phenoxy) is 1. The first kappa shape index (κ1) is 16.3. The minimum absolute atomic E-state index is 0.0395. The van der Waals surface area contributed by atoms with Crippen LogP contribution in [0.25, 0.3) is 6.08 Å². The van der Waals surface area contributed by atoms with Gasteiger partial charge < -0.3 is 30.3 Å². The zero-order chi connectivity index (χ0) is 16.3. The zero-order valence-corrected chi connectivity index (χ0v) is 11.7. The summed E-state index contributed by atoms with van der Waals surface area (Å²) in [5, 5.41) is 47.3. The van der Waals surface area contributed by atoms with Crippen LogP contribution in [0.1, 0.15) is 18.4 Å². The Balaban J connectivity index is 1.97. The van der Waals surface area contributed by atoms with Gasteiger partial charge in [-0.2, -0.15) is 0 Å². The average Bonchev–Trinajstić information content (AvgIpc) is 2.45. The number of phenols is 2. The Morgan fingerprint density at radius 1 is 1.14 bits per heavy atom. The first-order valence-electron chi connectivity index (χ1n) is 6.81. The largest absolute Gasteiger partial charge is 0.504 e. The van der Waals surface area contributed by atoms with Gasteiger partial charge in [0.2, 0.25) is 0 Å². The van der Waals surface area contributed by atoms with E-state index >= 15 is 0 Å². The van der Waals surface area contributed by atoms with Gasteiger partial charge in [-0.25, -0.2) is 4.79 Å². The molecule has 1 aliphatic rings. The molecule has 7 heteroatoms. The van der Waals surface area contributed by atoms with Crippen LogP contribution in [-0.2, 0) is 9.53 Å². The summed E-state index contributed by atoms with van der Waals surface area (Å²) < 4.78 is 5.01. The van der Waals surface area contributed by atoms with Gasteiger partial charge in [-0.05, 0) is 23.8 Å². The molecule has 1 aromatic rings. The van der Waals surface area contributed by atoms with Gasteiger partial charge in [-0.3, -0.25) is 0 Å². The Kier molecular flexibility index (Phi) is 5.02.